The quantitative estimate of drug-likeness (QED) is 0.307. The number of aromatic nitrogens is 1. The Morgan fingerprint density at radius 3 is 2.62 bits per heavy atom. The summed E-state index contributed by atoms with van der Waals surface area (Å²) in [6, 6.07) is 5.96. The van der Waals surface area contributed by atoms with E-state index in [0.717, 1.165) is 47.5 Å². The van der Waals surface area contributed by atoms with Crippen molar-refractivity contribution in [2.45, 2.75) is 32.2 Å². The van der Waals surface area contributed by atoms with Gasteiger partial charge in [0.2, 0.25) is 0 Å². The van der Waals surface area contributed by atoms with Gasteiger partial charge in [-0.2, -0.15) is 0 Å². The molecule has 0 aliphatic rings. The minimum absolute atomic E-state index is 0.0204. The molecular weight excluding hydrogens is 392 g/mol. The van der Waals surface area contributed by atoms with E-state index < -0.39 is 9.84 Å². The van der Waals surface area contributed by atoms with Crippen molar-refractivity contribution in [2.75, 3.05) is 39.8 Å². The lowest BCUT2D eigenvalue weighted by atomic mass is 10.2. The van der Waals surface area contributed by atoms with Gasteiger partial charge in [-0.3, -0.25) is 4.99 Å². The summed E-state index contributed by atoms with van der Waals surface area (Å²) in [4.78, 5) is 7.62. The maximum absolute atomic E-state index is 11.3. The molecule has 29 heavy (non-hydrogen) atoms. The van der Waals surface area contributed by atoms with Crippen LogP contribution in [0, 0.1) is 0 Å². The van der Waals surface area contributed by atoms with Gasteiger partial charge in [-0.1, -0.05) is 0 Å². The van der Waals surface area contributed by atoms with E-state index in [0.29, 0.717) is 12.4 Å². The molecule has 1 aromatic heterocycles. The zero-order chi connectivity index (χ0) is 21.4. The average molecular weight is 425 g/mol. The maximum atomic E-state index is 11.3. The summed E-state index contributed by atoms with van der Waals surface area (Å²) in [6.45, 7) is 2.69. The van der Waals surface area contributed by atoms with Crippen LogP contribution in [-0.2, 0) is 16.3 Å². The molecule has 1 aromatic carbocycles. The third-order valence-corrected chi connectivity index (χ3v) is 5.61. The number of H-pyrrole nitrogens is 1. The fourth-order valence-electron chi connectivity index (χ4n) is 3.04. The first kappa shape index (κ1) is 22.9. The fourth-order valence-corrected chi connectivity index (χ4v) is 3.82. The van der Waals surface area contributed by atoms with Crippen LogP contribution in [0.3, 0.4) is 0 Å². The monoisotopic (exact) mass is 424 g/mol. The minimum atomic E-state index is -2.95. The highest BCUT2D eigenvalue weighted by atomic mass is 32.2. The SMILES string of the molecule is CN=C(NCCCc1cc2c(OC)cc(OC)cc2[nH]1)NC(C)CCS(C)(=O)=O. The number of sulfone groups is 1. The van der Waals surface area contributed by atoms with E-state index in [9.17, 15) is 8.42 Å². The van der Waals surface area contributed by atoms with Gasteiger partial charge in [0.25, 0.3) is 0 Å². The van der Waals surface area contributed by atoms with E-state index in [-0.39, 0.29) is 11.8 Å². The van der Waals surface area contributed by atoms with Crippen molar-refractivity contribution in [3.05, 3.63) is 23.9 Å². The molecule has 0 bridgehead atoms. The number of hydrogen-bond acceptors (Lipinski definition) is 5. The minimum Gasteiger partial charge on any atom is -0.497 e. The topological polar surface area (TPSA) is 105 Å². The zero-order valence-corrected chi connectivity index (χ0v) is 18.6. The summed E-state index contributed by atoms with van der Waals surface area (Å²) >= 11 is 0. The Hall–Kier alpha value is -2.42. The molecule has 0 aliphatic carbocycles. The van der Waals surface area contributed by atoms with Crippen molar-refractivity contribution < 1.29 is 17.9 Å². The van der Waals surface area contributed by atoms with Crippen LogP contribution in [0.1, 0.15) is 25.5 Å². The number of nitrogens with one attached hydrogen (secondary N) is 3. The van der Waals surface area contributed by atoms with Gasteiger partial charge in [0.15, 0.2) is 5.96 Å². The molecule has 1 unspecified atom stereocenters. The second kappa shape index (κ2) is 10.4. The van der Waals surface area contributed by atoms with Crippen LogP contribution in [-0.4, -0.2) is 65.2 Å². The molecule has 1 heterocycles. The van der Waals surface area contributed by atoms with E-state index in [2.05, 4.69) is 26.7 Å². The first-order valence-electron chi connectivity index (χ1n) is 9.64. The van der Waals surface area contributed by atoms with Crippen LogP contribution < -0.4 is 20.1 Å². The number of aliphatic imine (C=N–C) groups is 1. The number of nitrogens with zero attached hydrogens (tertiary/aromatic N) is 1. The molecular formula is C20H32N4O4S. The first-order valence-corrected chi connectivity index (χ1v) is 11.7. The molecule has 2 rings (SSSR count). The summed E-state index contributed by atoms with van der Waals surface area (Å²) in [7, 11) is 2.04. The summed E-state index contributed by atoms with van der Waals surface area (Å²) < 4.78 is 33.3. The maximum Gasteiger partial charge on any atom is 0.191 e. The lowest BCUT2D eigenvalue weighted by Gasteiger charge is -2.17. The van der Waals surface area contributed by atoms with E-state index in [4.69, 9.17) is 9.47 Å². The summed E-state index contributed by atoms with van der Waals surface area (Å²) in [6.07, 6.45) is 3.57. The smallest absolute Gasteiger partial charge is 0.191 e. The highest BCUT2D eigenvalue weighted by Gasteiger charge is 2.11. The molecule has 0 saturated carbocycles. The van der Waals surface area contributed by atoms with Gasteiger partial charge in [0.05, 0.1) is 25.5 Å². The molecule has 2 aromatic rings. The van der Waals surface area contributed by atoms with Crippen LogP contribution in [0.5, 0.6) is 11.5 Å². The van der Waals surface area contributed by atoms with Gasteiger partial charge in [-0.05, 0) is 32.3 Å². The number of ether oxygens (including phenoxy) is 2. The van der Waals surface area contributed by atoms with Gasteiger partial charge >= 0.3 is 0 Å². The number of benzene rings is 1. The van der Waals surface area contributed by atoms with Crippen LogP contribution in [0.15, 0.2) is 23.2 Å². The van der Waals surface area contributed by atoms with E-state index in [1.165, 1.54) is 6.26 Å². The normalized spacial score (nSPS) is 13.3. The number of hydrogen-bond donors (Lipinski definition) is 3. The molecule has 0 amide bonds. The molecule has 8 nitrogen and oxygen atoms in total. The van der Waals surface area contributed by atoms with Crippen molar-refractivity contribution in [3.8, 4) is 11.5 Å². The number of aromatic amines is 1. The van der Waals surface area contributed by atoms with Crippen molar-refractivity contribution >= 4 is 26.7 Å². The summed E-state index contributed by atoms with van der Waals surface area (Å²) in [5.74, 6) is 2.37. The van der Waals surface area contributed by atoms with Gasteiger partial charge < -0.3 is 25.1 Å². The molecule has 0 saturated heterocycles. The van der Waals surface area contributed by atoms with Gasteiger partial charge in [0.1, 0.15) is 21.3 Å². The number of aryl methyl sites for hydroxylation is 1. The Labute approximate surface area is 173 Å². The lowest BCUT2D eigenvalue weighted by molar-refractivity contribution is 0.398. The van der Waals surface area contributed by atoms with Gasteiger partial charge in [0, 0.05) is 49.1 Å². The highest BCUT2D eigenvalue weighted by molar-refractivity contribution is 7.90. The predicted molar refractivity (Wildman–Crippen MR) is 118 cm³/mol. The Balaban J connectivity index is 1.84. The summed E-state index contributed by atoms with van der Waals surface area (Å²) in [5.41, 5.74) is 2.11. The Kier molecular flexibility index (Phi) is 8.19. The number of rotatable bonds is 10. The molecule has 0 aliphatic heterocycles. The van der Waals surface area contributed by atoms with Crippen LogP contribution in [0.2, 0.25) is 0 Å². The standard InChI is InChI=1S/C20H32N4O4S/c1-14(8-10-29(5,25)26)23-20(21-2)22-9-6-7-15-11-17-18(24-15)12-16(27-3)13-19(17)28-4/h11-14,24H,6-10H2,1-5H3,(H2,21,22,23). The highest BCUT2D eigenvalue weighted by Crippen LogP contribution is 2.31. The zero-order valence-electron chi connectivity index (χ0n) is 17.8. The Morgan fingerprint density at radius 2 is 2.00 bits per heavy atom. The molecule has 9 heteroatoms. The second-order valence-corrected chi connectivity index (χ2v) is 9.41. The van der Waals surface area contributed by atoms with E-state index >= 15 is 0 Å². The molecule has 0 fully saturated rings. The molecule has 0 spiro atoms. The number of guanidine groups is 1. The summed E-state index contributed by atoms with van der Waals surface area (Å²) in [5, 5.41) is 7.53. The molecule has 0 radical (unpaired) electrons. The van der Waals surface area contributed by atoms with Crippen LogP contribution in [0.4, 0.5) is 0 Å². The predicted octanol–water partition coefficient (Wildman–Crippen LogP) is 2.11. The van der Waals surface area contributed by atoms with E-state index in [1.807, 2.05) is 19.1 Å². The molecule has 3 N–H and O–H groups in total. The fraction of sp³-hybridized carbons (Fsp3) is 0.550. The third-order valence-electron chi connectivity index (χ3n) is 4.63. The van der Waals surface area contributed by atoms with Crippen molar-refractivity contribution in [3.63, 3.8) is 0 Å². The Morgan fingerprint density at radius 1 is 1.24 bits per heavy atom. The number of fused-ring (bicyclic) bond motifs is 1. The van der Waals surface area contributed by atoms with E-state index in [1.54, 1.807) is 21.3 Å². The van der Waals surface area contributed by atoms with Crippen molar-refractivity contribution in [1.82, 2.24) is 15.6 Å². The lowest BCUT2D eigenvalue weighted by Crippen LogP contribution is -2.43. The van der Waals surface area contributed by atoms with Crippen LogP contribution in [0.25, 0.3) is 10.9 Å². The third kappa shape index (κ3) is 7.16. The van der Waals surface area contributed by atoms with Crippen molar-refractivity contribution in [1.29, 1.82) is 0 Å². The van der Waals surface area contributed by atoms with Crippen molar-refractivity contribution in [2.24, 2.45) is 4.99 Å². The largest absolute Gasteiger partial charge is 0.497 e. The average Bonchev–Trinajstić information content (AvgIpc) is 3.10. The van der Waals surface area contributed by atoms with Gasteiger partial charge in [-0.25, -0.2) is 8.42 Å². The second-order valence-electron chi connectivity index (χ2n) is 7.15. The first-order chi connectivity index (χ1) is 13.8. The molecule has 162 valence electrons. The van der Waals surface area contributed by atoms with Gasteiger partial charge in [-0.15, -0.1) is 0 Å². The number of methoxy groups -OCH3 is 2. The van der Waals surface area contributed by atoms with Crippen LogP contribution >= 0.6 is 0 Å². The Bertz CT molecular complexity index is 937. The molecule has 1 atom stereocenters.